The summed E-state index contributed by atoms with van der Waals surface area (Å²) in [7, 11) is 0. The Morgan fingerprint density at radius 3 is 2.79 bits per heavy atom. The number of likely N-dealkylation sites (tertiary alicyclic amines) is 1. The van der Waals surface area contributed by atoms with E-state index < -0.39 is 0 Å². The molecule has 0 unspecified atom stereocenters. The molecule has 1 heterocycles. The fourth-order valence-electron chi connectivity index (χ4n) is 1.77. The molecule has 2 heteroatoms. The van der Waals surface area contributed by atoms with Gasteiger partial charge >= 0.3 is 0 Å². The lowest BCUT2D eigenvalue weighted by molar-refractivity contribution is 0.300. The van der Waals surface area contributed by atoms with E-state index in [9.17, 15) is 0 Å². The number of nitrogens with zero attached hydrogens (tertiary/aromatic N) is 1. The highest BCUT2D eigenvalue weighted by Gasteiger charge is 2.15. The smallest absolute Gasteiger partial charge is 0.0236 e. The summed E-state index contributed by atoms with van der Waals surface area (Å²) in [5.41, 5.74) is 2.96. The third-order valence-electron chi connectivity index (χ3n) is 2.67. The van der Waals surface area contributed by atoms with Gasteiger partial charge in [-0.25, -0.2) is 0 Å². The molecule has 1 rings (SSSR count). The summed E-state index contributed by atoms with van der Waals surface area (Å²) in [6, 6.07) is 0. The Bertz CT molecular complexity index is 263. The largest absolute Gasteiger partial charge is 0.299 e. The molecule has 0 N–H and O–H groups in total. The summed E-state index contributed by atoms with van der Waals surface area (Å²) >= 11 is 3.29. The molecule has 0 spiro atoms. The third kappa shape index (κ3) is 3.10. The highest BCUT2D eigenvalue weighted by atomic mass is 79.9. The molecule has 0 atom stereocenters. The van der Waals surface area contributed by atoms with Crippen molar-refractivity contribution in [2.45, 2.75) is 20.3 Å². The number of hydrogen-bond acceptors (Lipinski definition) is 1. The molecule has 1 aliphatic rings. The van der Waals surface area contributed by atoms with Crippen LogP contribution in [0, 0.1) is 0 Å². The minimum atomic E-state index is 1.09. The number of likely N-dealkylation sites (N-methyl/N-ethyl adjacent to an activating group) is 1. The predicted molar refractivity (Wildman–Crippen MR) is 66.6 cm³/mol. The summed E-state index contributed by atoms with van der Waals surface area (Å²) in [6.07, 6.45) is 7.68. The van der Waals surface area contributed by atoms with Crippen LogP contribution in [0.25, 0.3) is 0 Å². The van der Waals surface area contributed by atoms with Crippen LogP contribution in [0.1, 0.15) is 20.3 Å². The van der Waals surface area contributed by atoms with E-state index in [4.69, 9.17) is 0 Å². The van der Waals surface area contributed by atoms with Crippen LogP contribution >= 0.6 is 15.9 Å². The first kappa shape index (κ1) is 11.7. The molecule has 0 aliphatic carbocycles. The second-order valence-corrected chi connectivity index (χ2v) is 3.97. The lowest BCUT2D eigenvalue weighted by Crippen LogP contribution is -2.31. The number of rotatable bonds is 2. The van der Waals surface area contributed by atoms with Crippen LogP contribution in [0.3, 0.4) is 0 Å². The molecule has 78 valence electrons. The van der Waals surface area contributed by atoms with Gasteiger partial charge in [0, 0.05) is 13.1 Å². The molecule has 0 aromatic carbocycles. The van der Waals surface area contributed by atoms with Crippen molar-refractivity contribution in [3.63, 3.8) is 0 Å². The van der Waals surface area contributed by atoms with E-state index in [0.29, 0.717) is 0 Å². The monoisotopic (exact) mass is 255 g/mol. The molecule has 0 saturated carbocycles. The second-order valence-electron chi connectivity index (χ2n) is 3.44. The zero-order chi connectivity index (χ0) is 10.4. The van der Waals surface area contributed by atoms with E-state index in [0.717, 1.165) is 13.1 Å². The first-order valence-electron chi connectivity index (χ1n) is 5.15. The molecule has 1 nitrogen and oxygen atoms in total. The van der Waals surface area contributed by atoms with Crippen molar-refractivity contribution in [3.8, 4) is 0 Å². The summed E-state index contributed by atoms with van der Waals surface area (Å²) in [4.78, 5) is 4.37. The highest BCUT2D eigenvalue weighted by Crippen LogP contribution is 2.21. The van der Waals surface area contributed by atoms with Crippen LogP contribution in [0.5, 0.6) is 0 Å². The summed E-state index contributed by atoms with van der Waals surface area (Å²) in [5, 5.41) is 0. The Kier molecular flexibility index (Phi) is 5.20. The van der Waals surface area contributed by atoms with Crippen molar-refractivity contribution in [1.82, 2.24) is 4.90 Å². The van der Waals surface area contributed by atoms with Crippen molar-refractivity contribution in [2.75, 3.05) is 19.6 Å². The highest BCUT2D eigenvalue weighted by molar-refractivity contribution is 9.11. The average molecular weight is 256 g/mol. The Hall–Kier alpha value is -0.340. The maximum absolute atomic E-state index is 3.29. The predicted octanol–water partition coefficient (Wildman–Crippen LogP) is 3.49. The van der Waals surface area contributed by atoms with Crippen LogP contribution < -0.4 is 0 Å². The van der Waals surface area contributed by atoms with E-state index >= 15 is 0 Å². The van der Waals surface area contributed by atoms with Crippen LogP contribution in [0.4, 0.5) is 0 Å². The fourth-order valence-corrected chi connectivity index (χ4v) is 1.93. The van der Waals surface area contributed by atoms with Crippen LogP contribution in [0.2, 0.25) is 0 Å². The molecule has 1 fully saturated rings. The van der Waals surface area contributed by atoms with E-state index in [1.54, 1.807) is 0 Å². The van der Waals surface area contributed by atoms with Gasteiger partial charge in [-0.15, -0.1) is 0 Å². The van der Waals surface area contributed by atoms with Gasteiger partial charge in [0.05, 0.1) is 0 Å². The molecule has 0 aromatic rings. The SMILES string of the molecule is C/C=C1/CCN(CC)C/C1=C/C=C/Br. The van der Waals surface area contributed by atoms with Gasteiger partial charge in [0.25, 0.3) is 0 Å². The maximum atomic E-state index is 3.29. The second kappa shape index (κ2) is 6.20. The van der Waals surface area contributed by atoms with E-state index in [1.165, 1.54) is 24.1 Å². The Balaban J connectivity index is 2.75. The van der Waals surface area contributed by atoms with Gasteiger partial charge in [0.15, 0.2) is 0 Å². The Labute approximate surface area is 95.3 Å². The molecule has 1 aliphatic heterocycles. The summed E-state index contributed by atoms with van der Waals surface area (Å²) < 4.78 is 0. The topological polar surface area (TPSA) is 3.24 Å². The van der Waals surface area contributed by atoms with Crippen LogP contribution in [-0.2, 0) is 0 Å². The average Bonchev–Trinajstić information content (AvgIpc) is 2.25. The van der Waals surface area contributed by atoms with Crippen molar-refractivity contribution in [2.24, 2.45) is 0 Å². The Morgan fingerprint density at radius 1 is 1.43 bits per heavy atom. The number of hydrogen-bond donors (Lipinski definition) is 0. The van der Waals surface area contributed by atoms with E-state index in [1.807, 2.05) is 4.99 Å². The molecular formula is C12H18BrN. The lowest BCUT2D eigenvalue weighted by atomic mass is 9.97. The van der Waals surface area contributed by atoms with Crippen LogP contribution in [-0.4, -0.2) is 24.5 Å². The number of piperidine rings is 1. The van der Waals surface area contributed by atoms with Gasteiger partial charge in [0.1, 0.15) is 0 Å². The van der Waals surface area contributed by atoms with Gasteiger partial charge in [0.2, 0.25) is 0 Å². The molecular weight excluding hydrogens is 238 g/mol. The standard InChI is InChI=1S/C12H18BrN/c1-3-11-7-9-14(4-2)10-12(11)6-5-8-13/h3,5-6,8H,4,7,9-10H2,1-2H3/b8-5+,11-3-,12-6-. The van der Waals surface area contributed by atoms with Gasteiger partial charge in [-0.05, 0) is 36.0 Å². The third-order valence-corrected chi connectivity index (χ3v) is 2.97. The summed E-state index contributed by atoms with van der Waals surface area (Å²) in [5.74, 6) is 0. The maximum Gasteiger partial charge on any atom is 0.0236 e. The number of allylic oxidation sites excluding steroid dienone is 3. The van der Waals surface area contributed by atoms with Gasteiger partial charge in [-0.2, -0.15) is 0 Å². The zero-order valence-electron chi connectivity index (χ0n) is 8.96. The molecule has 0 radical (unpaired) electrons. The summed E-state index contributed by atoms with van der Waals surface area (Å²) in [6.45, 7) is 7.78. The minimum absolute atomic E-state index is 1.09. The van der Waals surface area contributed by atoms with Gasteiger partial charge < -0.3 is 0 Å². The number of halogens is 1. The quantitative estimate of drug-likeness (QED) is 0.731. The molecule has 1 saturated heterocycles. The van der Waals surface area contributed by atoms with Crippen molar-refractivity contribution in [3.05, 3.63) is 34.4 Å². The van der Waals surface area contributed by atoms with Gasteiger partial charge in [-0.1, -0.05) is 41.1 Å². The minimum Gasteiger partial charge on any atom is -0.299 e. The molecule has 0 amide bonds. The van der Waals surface area contributed by atoms with Crippen molar-refractivity contribution < 1.29 is 0 Å². The normalized spacial score (nSPS) is 25.4. The molecule has 14 heavy (non-hydrogen) atoms. The fraction of sp³-hybridized carbons (Fsp3) is 0.500. The van der Waals surface area contributed by atoms with Crippen LogP contribution in [0.15, 0.2) is 34.4 Å². The van der Waals surface area contributed by atoms with Gasteiger partial charge in [-0.3, -0.25) is 4.90 Å². The first-order valence-corrected chi connectivity index (χ1v) is 6.07. The Morgan fingerprint density at radius 2 is 2.21 bits per heavy atom. The lowest BCUT2D eigenvalue weighted by Gasteiger charge is -2.29. The van der Waals surface area contributed by atoms with E-state index in [-0.39, 0.29) is 0 Å². The zero-order valence-corrected chi connectivity index (χ0v) is 10.5. The van der Waals surface area contributed by atoms with Crippen molar-refractivity contribution in [1.29, 1.82) is 0 Å². The van der Waals surface area contributed by atoms with E-state index in [2.05, 4.69) is 52.9 Å². The molecule has 0 bridgehead atoms. The van der Waals surface area contributed by atoms with Crippen molar-refractivity contribution >= 4 is 15.9 Å². The first-order chi connectivity index (χ1) is 6.81. The molecule has 0 aromatic heterocycles.